The number of piperazine rings is 1. The van der Waals surface area contributed by atoms with E-state index < -0.39 is 0 Å². The molecule has 1 aromatic heterocycles. The van der Waals surface area contributed by atoms with Crippen molar-refractivity contribution < 1.29 is 0 Å². The number of alkyl halides is 1. The number of thiophene rings is 1. The summed E-state index contributed by atoms with van der Waals surface area (Å²) in [5.41, 5.74) is 3.34. The number of rotatable bonds is 0. The number of anilines is 2. The van der Waals surface area contributed by atoms with Crippen molar-refractivity contribution in [1.29, 1.82) is 0 Å². The highest BCUT2D eigenvalue weighted by atomic mass is 127. The number of hydrogen-bond acceptors (Lipinski definition) is 5. The fourth-order valence-electron chi connectivity index (χ4n) is 2.86. The Kier molecular flexibility index (Phi) is 8.18. The van der Waals surface area contributed by atoms with Crippen LogP contribution in [0.1, 0.15) is 24.3 Å². The first-order valence-corrected chi connectivity index (χ1v) is 11.7. The summed E-state index contributed by atoms with van der Waals surface area (Å²) >= 11 is 3.95. The van der Waals surface area contributed by atoms with E-state index in [2.05, 4.69) is 69.3 Å². The van der Waals surface area contributed by atoms with Gasteiger partial charge in [-0.05, 0) is 30.1 Å². The van der Waals surface area contributed by atoms with Crippen molar-refractivity contribution in [3.63, 3.8) is 0 Å². The van der Waals surface area contributed by atoms with Crippen LogP contribution in [0, 0.1) is 6.92 Å². The predicted molar refractivity (Wildman–Crippen MR) is 121 cm³/mol. The summed E-state index contributed by atoms with van der Waals surface area (Å²) in [7, 11) is 0. The number of aliphatic imine (C=N–C) groups is 1. The normalized spacial score (nSPS) is 15.1. The number of fused-ring (bicyclic) bond motifs is 2. The van der Waals surface area contributed by atoms with E-state index in [0.717, 1.165) is 43.4 Å². The second-order valence-electron chi connectivity index (χ2n) is 5.41. The van der Waals surface area contributed by atoms with Gasteiger partial charge in [0.25, 0.3) is 0 Å². The Bertz CT molecular complexity index is 705. The molecule has 0 spiro atoms. The highest BCUT2D eigenvalue weighted by molar-refractivity contribution is 14.1. The first kappa shape index (κ1) is 20.2. The molecule has 0 bridgehead atoms. The van der Waals surface area contributed by atoms with E-state index in [1.54, 1.807) is 11.3 Å². The molecule has 3 heterocycles. The van der Waals surface area contributed by atoms with Gasteiger partial charge in [-0.15, -0.1) is 11.3 Å². The maximum absolute atomic E-state index is 4.98. The number of nitrogens with zero attached hydrogens (tertiary/aromatic N) is 2. The number of para-hydroxylation sites is 2. The fourth-order valence-corrected chi connectivity index (χ4v) is 3.78. The van der Waals surface area contributed by atoms with Gasteiger partial charge in [-0.3, -0.25) is 0 Å². The first-order chi connectivity index (χ1) is 12.3. The van der Waals surface area contributed by atoms with Crippen LogP contribution in [-0.4, -0.2) is 41.8 Å². The Labute approximate surface area is 168 Å². The molecule has 25 heavy (non-hydrogen) atoms. The fraction of sp³-hybridized carbons (Fsp3) is 0.421. The van der Waals surface area contributed by atoms with Crippen LogP contribution in [0.5, 0.6) is 0 Å². The van der Waals surface area contributed by atoms with Crippen LogP contribution in [0.15, 0.2) is 35.3 Å². The van der Waals surface area contributed by atoms with Crippen molar-refractivity contribution >= 4 is 56.1 Å². The van der Waals surface area contributed by atoms with Crippen LogP contribution < -0.4 is 10.6 Å². The van der Waals surface area contributed by atoms with Crippen molar-refractivity contribution in [2.24, 2.45) is 4.99 Å². The third kappa shape index (κ3) is 4.74. The molecule has 1 aromatic carbocycles. The molecule has 2 aromatic rings. The highest BCUT2D eigenvalue weighted by Gasteiger charge is 2.24. The molecule has 6 heteroatoms. The van der Waals surface area contributed by atoms with E-state index in [4.69, 9.17) is 4.99 Å². The van der Waals surface area contributed by atoms with E-state index in [1.807, 2.05) is 24.8 Å². The Hall–Kier alpha value is -1.12. The molecule has 4 nitrogen and oxygen atoms in total. The maximum Gasteiger partial charge on any atom is 0.139 e. The lowest BCUT2D eigenvalue weighted by molar-refractivity contribution is 0.358. The molecule has 4 rings (SSSR count). The molecule has 0 atom stereocenters. The first-order valence-electron chi connectivity index (χ1n) is 8.70. The lowest BCUT2D eigenvalue weighted by Crippen LogP contribution is -2.46. The zero-order valence-electron chi connectivity index (χ0n) is 15.4. The van der Waals surface area contributed by atoms with Gasteiger partial charge in [-0.25, -0.2) is 4.99 Å². The van der Waals surface area contributed by atoms with Gasteiger partial charge in [0.05, 0.1) is 16.9 Å². The minimum Gasteiger partial charge on any atom is -0.353 e. The van der Waals surface area contributed by atoms with Crippen molar-refractivity contribution in [3.8, 4) is 0 Å². The summed E-state index contributed by atoms with van der Waals surface area (Å²) < 4.78 is 0. The third-order valence-corrected chi connectivity index (χ3v) is 4.86. The van der Waals surface area contributed by atoms with Crippen molar-refractivity contribution in [1.82, 2.24) is 10.2 Å². The molecular formula is C19H27IN4S. The summed E-state index contributed by atoms with van der Waals surface area (Å²) in [6.45, 7) is 10.2. The van der Waals surface area contributed by atoms with Gasteiger partial charge in [0.1, 0.15) is 10.8 Å². The highest BCUT2D eigenvalue weighted by Crippen LogP contribution is 2.38. The molecule has 2 aliphatic heterocycles. The topological polar surface area (TPSA) is 39.7 Å². The monoisotopic (exact) mass is 470 g/mol. The van der Waals surface area contributed by atoms with Gasteiger partial charge >= 0.3 is 0 Å². The van der Waals surface area contributed by atoms with Crippen LogP contribution in [-0.2, 0) is 0 Å². The number of halogens is 1. The SMILES string of the molecule is CC.CI.Cc1cc2c(s1)Nc1ccccc1N=C2N1CCNCC1. The molecule has 2 N–H and O–H groups in total. The van der Waals surface area contributed by atoms with E-state index in [0.29, 0.717) is 0 Å². The summed E-state index contributed by atoms with van der Waals surface area (Å²) in [4.78, 5) is 10.7. The van der Waals surface area contributed by atoms with Crippen LogP contribution in [0.25, 0.3) is 0 Å². The summed E-state index contributed by atoms with van der Waals surface area (Å²) in [5.74, 6) is 1.10. The molecule has 1 fully saturated rings. The Morgan fingerprint density at radius 1 is 1.12 bits per heavy atom. The number of amidine groups is 1. The maximum atomic E-state index is 4.98. The molecule has 0 amide bonds. The van der Waals surface area contributed by atoms with Crippen LogP contribution in [0.4, 0.5) is 16.4 Å². The van der Waals surface area contributed by atoms with Crippen molar-refractivity contribution in [2.45, 2.75) is 20.8 Å². The van der Waals surface area contributed by atoms with Crippen molar-refractivity contribution in [2.75, 3.05) is 36.4 Å². The lowest BCUT2D eigenvalue weighted by atomic mass is 10.2. The van der Waals surface area contributed by atoms with E-state index >= 15 is 0 Å². The van der Waals surface area contributed by atoms with E-state index in [-0.39, 0.29) is 0 Å². The van der Waals surface area contributed by atoms with E-state index in [1.165, 1.54) is 15.4 Å². The number of benzene rings is 1. The minimum atomic E-state index is 1.01. The van der Waals surface area contributed by atoms with Gasteiger partial charge in [-0.1, -0.05) is 48.6 Å². The summed E-state index contributed by atoms with van der Waals surface area (Å²) in [5, 5.41) is 8.17. The van der Waals surface area contributed by atoms with Crippen LogP contribution in [0.3, 0.4) is 0 Å². The standard InChI is InChI=1S/C16H18N4S.C2H6.CH3I/c1-11-10-12-15(20-8-6-17-7-9-20)18-13-4-2-3-5-14(13)19-16(12)21-11;2*1-2/h2-5,10,17,19H,6-9H2,1H3;1-2H3;1H3. The smallest absolute Gasteiger partial charge is 0.139 e. The van der Waals surface area contributed by atoms with Crippen LogP contribution in [0.2, 0.25) is 0 Å². The van der Waals surface area contributed by atoms with Crippen molar-refractivity contribution in [3.05, 3.63) is 40.8 Å². The van der Waals surface area contributed by atoms with Crippen LogP contribution >= 0.6 is 33.9 Å². The third-order valence-electron chi connectivity index (χ3n) is 3.89. The molecular weight excluding hydrogens is 443 g/mol. The summed E-state index contributed by atoms with van der Waals surface area (Å²) in [6, 6.07) is 10.5. The van der Waals surface area contributed by atoms with Gasteiger partial charge in [0, 0.05) is 31.1 Å². The minimum absolute atomic E-state index is 1.01. The van der Waals surface area contributed by atoms with Gasteiger partial charge in [0.15, 0.2) is 0 Å². The Balaban J connectivity index is 0.000000528. The zero-order chi connectivity index (χ0) is 18.2. The average Bonchev–Trinajstić information content (AvgIpc) is 2.97. The van der Waals surface area contributed by atoms with Gasteiger partial charge in [0.2, 0.25) is 0 Å². The largest absolute Gasteiger partial charge is 0.353 e. The van der Waals surface area contributed by atoms with E-state index in [9.17, 15) is 0 Å². The zero-order valence-corrected chi connectivity index (χ0v) is 18.4. The molecule has 1 saturated heterocycles. The summed E-state index contributed by atoms with van der Waals surface area (Å²) in [6.07, 6.45) is 0. The number of aryl methyl sites for hydroxylation is 1. The van der Waals surface area contributed by atoms with Gasteiger partial charge in [-0.2, -0.15) is 0 Å². The quantitative estimate of drug-likeness (QED) is 0.412. The lowest BCUT2D eigenvalue weighted by Gasteiger charge is -2.30. The molecule has 0 unspecified atom stereocenters. The molecule has 0 aliphatic carbocycles. The second-order valence-corrected chi connectivity index (χ2v) is 6.67. The van der Waals surface area contributed by atoms with Gasteiger partial charge < -0.3 is 15.5 Å². The Morgan fingerprint density at radius 3 is 2.52 bits per heavy atom. The molecule has 0 radical (unpaired) electrons. The number of nitrogens with one attached hydrogen (secondary N) is 2. The predicted octanol–water partition coefficient (Wildman–Crippen LogP) is 5.17. The average molecular weight is 470 g/mol. The molecule has 0 saturated carbocycles. The second kappa shape index (κ2) is 10.1. The Morgan fingerprint density at radius 2 is 1.80 bits per heavy atom. The number of hydrogen-bond donors (Lipinski definition) is 2. The molecule has 2 aliphatic rings. The molecule has 136 valence electrons.